The lowest BCUT2D eigenvalue weighted by Gasteiger charge is -2.30. The third-order valence-electron chi connectivity index (χ3n) is 5.10. The molecule has 5 nitrogen and oxygen atoms in total. The summed E-state index contributed by atoms with van der Waals surface area (Å²) in [5.74, 6) is 0.668. The van der Waals surface area contributed by atoms with Crippen LogP contribution in [0.4, 0.5) is 5.69 Å². The highest BCUT2D eigenvalue weighted by Crippen LogP contribution is 2.31. The number of hydrogen-bond donors (Lipinski definition) is 2. The van der Waals surface area contributed by atoms with Crippen LogP contribution < -0.4 is 10.6 Å². The van der Waals surface area contributed by atoms with Gasteiger partial charge in [0.2, 0.25) is 5.91 Å². The van der Waals surface area contributed by atoms with Gasteiger partial charge in [-0.25, -0.2) is 0 Å². The van der Waals surface area contributed by atoms with Crippen molar-refractivity contribution in [1.29, 1.82) is 0 Å². The summed E-state index contributed by atoms with van der Waals surface area (Å²) < 4.78 is 0. The van der Waals surface area contributed by atoms with Gasteiger partial charge < -0.3 is 15.5 Å². The molecule has 0 aliphatic carbocycles. The number of anilines is 1. The molecule has 2 bridgehead atoms. The molecule has 2 aliphatic rings. The Bertz CT molecular complexity index is 820. The van der Waals surface area contributed by atoms with Gasteiger partial charge >= 0.3 is 0 Å². The molecule has 3 atom stereocenters. The topological polar surface area (TPSA) is 61.4 Å². The lowest BCUT2D eigenvalue weighted by atomic mass is 9.97. The van der Waals surface area contributed by atoms with Crippen molar-refractivity contribution in [1.82, 2.24) is 10.2 Å². The predicted molar refractivity (Wildman–Crippen MR) is 104 cm³/mol. The van der Waals surface area contributed by atoms with E-state index in [0.717, 1.165) is 39.9 Å². The number of nitrogens with zero attached hydrogens (tertiary/aromatic N) is 1. The van der Waals surface area contributed by atoms with Crippen LogP contribution in [0.2, 0.25) is 0 Å². The van der Waals surface area contributed by atoms with Crippen LogP contribution in [-0.4, -0.2) is 42.4 Å². The quantitative estimate of drug-likeness (QED) is 0.870. The van der Waals surface area contributed by atoms with Gasteiger partial charge in [-0.2, -0.15) is 0 Å². The molecule has 26 heavy (non-hydrogen) atoms. The second-order valence-electron chi connectivity index (χ2n) is 7.25. The highest BCUT2D eigenvalue weighted by molar-refractivity contribution is 7.17. The third kappa shape index (κ3) is 3.81. The molecule has 2 aliphatic heterocycles. The van der Waals surface area contributed by atoms with Gasteiger partial charge in [0, 0.05) is 36.6 Å². The van der Waals surface area contributed by atoms with Crippen molar-refractivity contribution >= 4 is 28.8 Å². The van der Waals surface area contributed by atoms with Gasteiger partial charge in [-0.3, -0.25) is 9.59 Å². The minimum Gasteiger partial charge on any atom is -0.347 e. The van der Waals surface area contributed by atoms with Gasteiger partial charge in [0.25, 0.3) is 5.91 Å². The fourth-order valence-corrected chi connectivity index (χ4v) is 4.89. The average molecular weight is 369 g/mol. The zero-order valence-corrected chi connectivity index (χ0v) is 15.6. The maximum atomic E-state index is 12.6. The third-order valence-corrected chi connectivity index (χ3v) is 6.23. The van der Waals surface area contributed by atoms with Crippen molar-refractivity contribution in [3.8, 4) is 10.4 Å². The van der Waals surface area contributed by atoms with E-state index in [1.165, 1.54) is 37.8 Å². The van der Waals surface area contributed by atoms with Crippen LogP contribution in [0.15, 0.2) is 36.4 Å². The van der Waals surface area contributed by atoms with Crippen molar-refractivity contribution in [2.75, 3.05) is 25.0 Å². The Morgan fingerprint density at radius 2 is 2.08 bits per heavy atom. The normalized spacial score (nSPS) is 24.3. The molecule has 3 heterocycles. The van der Waals surface area contributed by atoms with E-state index < -0.39 is 0 Å². The van der Waals surface area contributed by atoms with Crippen LogP contribution in [0.5, 0.6) is 0 Å². The van der Waals surface area contributed by atoms with Crippen molar-refractivity contribution in [3.63, 3.8) is 0 Å². The fourth-order valence-electron chi connectivity index (χ4n) is 3.99. The molecule has 2 fully saturated rings. The zero-order valence-electron chi connectivity index (χ0n) is 14.8. The van der Waals surface area contributed by atoms with E-state index in [0.29, 0.717) is 0 Å². The van der Waals surface area contributed by atoms with E-state index in [9.17, 15) is 9.59 Å². The van der Waals surface area contributed by atoms with Crippen molar-refractivity contribution in [2.24, 2.45) is 5.92 Å². The van der Waals surface area contributed by atoms with E-state index in [1.807, 2.05) is 36.4 Å². The molecule has 2 N–H and O–H groups in total. The minimum atomic E-state index is -0.0921. The van der Waals surface area contributed by atoms with Gasteiger partial charge in [0.15, 0.2) is 0 Å². The number of carbonyl (C=O) groups is 2. The largest absolute Gasteiger partial charge is 0.347 e. The molecule has 6 heteroatoms. The summed E-state index contributed by atoms with van der Waals surface area (Å²) in [6, 6.07) is 11.8. The molecular formula is C20H23N3O2S. The number of rotatable bonds is 4. The molecule has 1 aromatic heterocycles. The van der Waals surface area contributed by atoms with Crippen LogP contribution >= 0.6 is 11.3 Å². The summed E-state index contributed by atoms with van der Waals surface area (Å²) in [5, 5.41) is 6.01. The van der Waals surface area contributed by atoms with Crippen LogP contribution in [-0.2, 0) is 4.79 Å². The first-order valence-electron chi connectivity index (χ1n) is 9.08. The number of nitrogens with one attached hydrogen (secondary N) is 2. The Labute approximate surface area is 157 Å². The number of carbonyl (C=O) groups excluding carboxylic acids is 2. The summed E-state index contributed by atoms with van der Waals surface area (Å²) in [5.41, 5.74) is 1.77. The Hall–Kier alpha value is -2.18. The summed E-state index contributed by atoms with van der Waals surface area (Å²) in [7, 11) is 0. The van der Waals surface area contributed by atoms with E-state index in [2.05, 4.69) is 15.5 Å². The number of piperidine rings is 1. The Kier molecular flexibility index (Phi) is 4.78. The van der Waals surface area contributed by atoms with Gasteiger partial charge in [-0.05, 0) is 55.1 Å². The summed E-state index contributed by atoms with van der Waals surface area (Å²) in [4.78, 5) is 28.1. The van der Waals surface area contributed by atoms with Gasteiger partial charge in [0.1, 0.15) is 0 Å². The van der Waals surface area contributed by atoms with Crippen LogP contribution in [0.1, 0.15) is 29.4 Å². The lowest BCUT2D eigenvalue weighted by Crippen LogP contribution is -2.46. The number of hydrogen-bond acceptors (Lipinski definition) is 4. The van der Waals surface area contributed by atoms with Crippen molar-refractivity contribution in [3.05, 3.63) is 41.3 Å². The molecule has 0 spiro atoms. The van der Waals surface area contributed by atoms with Crippen molar-refractivity contribution < 1.29 is 9.59 Å². The minimum absolute atomic E-state index is 0.0202. The number of fused-ring (bicyclic) bond motifs is 2. The molecule has 1 aromatic carbocycles. The van der Waals surface area contributed by atoms with Gasteiger partial charge in [-0.1, -0.05) is 12.1 Å². The monoisotopic (exact) mass is 369 g/mol. The average Bonchev–Trinajstić information content (AvgIpc) is 3.21. The van der Waals surface area contributed by atoms with E-state index in [-0.39, 0.29) is 17.9 Å². The summed E-state index contributed by atoms with van der Waals surface area (Å²) in [6.07, 6.45) is 2.36. The standard InChI is InChI=1S/C20H23N3O2S/c1-13(24)21-16-4-2-3-15(10-16)18-5-6-19(26-18)20(25)22-17-9-14-7-8-23(11-14)12-17/h2-6,10,14,17H,7-9,11-12H2,1H3,(H,21,24)(H,22,25)/t14-,17-/m1/s1. The van der Waals surface area contributed by atoms with E-state index in [1.54, 1.807) is 0 Å². The first kappa shape index (κ1) is 17.2. The fraction of sp³-hybridized carbons (Fsp3) is 0.400. The molecule has 2 amide bonds. The molecule has 1 unspecified atom stereocenters. The van der Waals surface area contributed by atoms with Crippen LogP contribution in [0.25, 0.3) is 10.4 Å². The van der Waals surface area contributed by atoms with E-state index >= 15 is 0 Å². The Balaban J connectivity index is 1.44. The maximum Gasteiger partial charge on any atom is 0.261 e. The Morgan fingerprint density at radius 1 is 1.19 bits per heavy atom. The molecular weight excluding hydrogens is 346 g/mol. The number of benzene rings is 1. The predicted octanol–water partition coefficient (Wildman–Crippen LogP) is 3.20. The SMILES string of the molecule is CC(=O)Nc1cccc(-c2ccc(C(=O)N[C@@H]3C[C@H]4CCN(C4)C3)s2)c1. The molecule has 2 aromatic rings. The second kappa shape index (κ2) is 7.21. The molecule has 136 valence electrons. The maximum absolute atomic E-state index is 12.6. The molecule has 0 saturated carbocycles. The lowest BCUT2D eigenvalue weighted by molar-refractivity contribution is -0.114. The zero-order chi connectivity index (χ0) is 18.1. The smallest absolute Gasteiger partial charge is 0.261 e. The number of thiophene rings is 1. The van der Waals surface area contributed by atoms with Gasteiger partial charge in [0.05, 0.1) is 4.88 Å². The van der Waals surface area contributed by atoms with Crippen LogP contribution in [0.3, 0.4) is 0 Å². The first-order valence-corrected chi connectivity index (χ1v) is 9.89. The highest BCUT2D eigenvalue weighted by Gasteiger charge is 2.33. The first-order chi connectivity index (χ1) is 12.6. The van der Waals surface area contributed by atoms with Gasteiger partial charge in [-0.15, -0.1) is 11.3 Å². The molecule has 4 rings (SSSR count). The summed E-state index contributed by atoms with van der Waals surface area (Å²) >= 11 is 1.49. The van der Waals surface area contributed by atoms with E-state index in [4.69, 9.17) is 0 Å². The van der Waals surface area contributed by atoms with Crippen LogP contribution in [0, 0.1) is 5.92 Å². The van der Waals surface area contributed by atoms with Crippen molar-refractivity contribution in [2.45, 2.75) is 25.8 Å². The Morgan fingerprint density at radius 3 is 2.88 bits per heavy atom. The summed E-state index contributed by atoms with van der Waals surface area (Å²) in [6.45, 7) is 4.83. The second-order valence-corrected chi connectivity index (χ2v) is 8.33. The molecule has 0 radical (unpaired) electrons. The molecule has 2 saturated heterocycles. The number of amides is 2. The highest BCUT2D eigenvalue weighted by atomic mass is 32.1.